The van der Waals surface area contributed by atoms with Crippen LogP contribution in [0.5, 0.6) is 0 Å². The van der Waals surface area contributed by atoms with E-state index in [1.165, 1.54) is 11.3 Å². The highest BCUT2D eigenvalue weighted by atomic mass is 35.5. The summed E-state index contributed by atoms with van der Waals surface area (Å²) in [4.78, 5) is 11.4. The molecule has 2 aromatic rings. The molecule has 0 spiro atoms. The van der Waals surface area contributed by atoms with Crippen molar-refractivity contribution < 1.29 is 9.90 Å². The van der Waals surface area contributed by atoms with E-state index in [2.05, 4.69) is 0 Å². The summed E-state index contributed by atoms with van der Waals surface area (Å²) in [7, 11) is 0. The molecule has 0 bridgehead atoms. The Balaban J connectivity index is 2.40. The second kappa shape index (κ2) is 5.49. The van der Waals surface area contributed by atoms with Gasteiger partial charge in [0.25, 0.3) is 0 Å². The summed E-state index contributed by atoms with van der Waals surface area (Å²) in [5, 5.41) is 11.9. The van der Waals surface area contributed by atoms with Crippen LogP contribution in [0.4, 0.5) is 0 Å². The van der Waals surface area contributed by atoms with E-state index in [0.29, 0.717) is 15.1 Å². The third kappa shape index (κ3) is 2.98. The lowest BCUT2D eigenvalue weighted by Gasteiger charge is -2.04. The molecule has 2 nitrogen and oxygen atoms in total. The third-order valence-electron chi connectivity index (χ3n) is 2.30. The topological polar surface area (TPSA) is 37.3 Å². The summed E-state index contributed by atoms with van der Waals surface area (Å²) in [6.07, 6.45) is 0.00358. The number of benzene rings is 1. The van der Waals surface area contributed by atoms with Gasteiger partial charge in [-0.25, -0.2) is 0 Å². The van der Waals surface area contributed by atoms with E-state index in [1.807, 2.05) is 5.38 Å². The highest BCUT2D eigenvalue weighted by Crippen LogP contribution is 2.37. The molecular weight excluding hydrogens is 315 g/mol. The standard InChI is InChI=1S/C12H7Cl3O2S/c13-9-4-11(15)10(14)3-8(9)6-1-7(18-5-6)2-12(16)17/h1,3-5H,2H2,(H,16,17). The van der Waals surface area contributed by atoms with Crippen LogP contribution in [0.2, 0.25) is 15.1 Å². The molecule has 0 amide bonds. The molecule has 0 aliphatic carbocycles. The van der Waals surface area contributed by atoms with E-state index in [9.17, 15) is 4.79 Å². The van der Waals surface area contributed by atoms with Gasteiger partial charge in [-0.3, -0.25) is 4.79 Å². The SMILES string of the molecule is O=C(O)Cc1cc(-c2cc(Cl)c(Cl)cc2Cl)cs1. The van der Waals surface area contributed by atoms with Crippen LogP contribution in [0, 0.1) is 0 Å². The van der Waals surface area contributed by atoms with Crippen molar-refractivity contribution in [3.63, 3.8) is 0 Å². The largest absolute Gasteiger partial charge is 0.481 e. The number of halogens is 3. The van der Waals surface area contributed by atoms with Gasteiger partial charge in [0.1, 0.15) is 0 Å². The molecule has 0 saturated carbocycles. The summed E-state index contributed by atoms with van der Waals surface area (Å²) in [6.45, 7) is 0. The minimum atomic E-state index is -0.858. The minimum absolute atomic E-state index is 0.00358. The van der Waals surface area contributed by atoms with Crippen molar-refractivity contribution in [2.75, 3.05) is 0 Å². The maximum absolute atomic E-state index is 10.6. The van der Waals surface area contributed by atoms with Gasteiger partial charge in [0, 0.05) is 10.4 Å². The van der Waals surface area contributed by atoms with Gasteiger partial charge in [-0.1, -0.05) is 34.8 Å². The van der Waals surface area contributed by atoms with Crippen molar-refractivity contribution in [1.29, 1.82) is 0 Å². The molecule has 1 heterocycles. The Kier molecular flexibility index (Phi) is 4.17. The Morgan fingerprint density at radius 1 is 1.11 bits per heavy atom. The van der Waals surface area contributed by atoms with Crippen LogP contribution in [0.1, 0.15) is 4.88 Å². The normalized spacial score (nSPS) is 10.6. The van der Waals surface area contributed by atoms with Gasteiger partial charge in [0.2, 0.25) is 0 Å². The highest BCUT2D eigenvalue weighted by molar-refractivity contribution is 7.10. The fraction of sp³-hybridized carbons (Fsp3) is 0.0833. The lowest BCUT2D eigenvalue weighted by Crippen LogP contribution is -1.97. The molecule has 1 N–H and O–H groups in total. The summed E-state index contributed by atoms with van der Waals surface area (Å²) in [6, 6.07) is 5.05. The quantitative estimate of drug-likeness (QED) is 0.807. The van der Waals surface area contributed by atoms with Gasteiger partial charge >= 0.3 is 5.97 Å². The van der Waals surface area contributed by atoms with Gasteiger partial charge in [0.05, 0.1) is 21.5 Å². The van der Waals surface area contributed by atoms with E-state index >= 15 is 0 Å². The number of hydrogen-bond acceptors (Lipinski definition) is 2. The average molecular weight is 322 g/mol. The molecule has 94 valence electrons. The minimum Gasteiger partial charge on any atom is -0.481 e. The first-order valence-electron chi connectivity index (χ1n) is 4.91. The number of hydrogen-bond donors (Lipinski definition) is 1. The Hall–Kier alpha value is -0.740. The van der Waals surface area contributed by atoms with Gasteiger partial charge in [-0.05, 0) is 29.1 Å². The van der Waals surface area contributed by atoms with Gasteiger partial charge < -0.3 is 5.11 Å². The molecule has 0 unspecified atom stereocenters. The zero-order valence-electron chi connectivity index (χ0n) is 8.91. The second-order valence-corrected chi connectivity index (χ2v) is 5.84. The van der Waals surface area contributed by atoms with Crippen LogP contribution in [-0.2, 0) is 11.2 Å². The first-order chi connectivity index (χ1) is 8.47. The van der Waals surface area contributed by atoms with Crippen LogP contribution in [0.15, 0.2) is 23.6 Å². The zero-order valence-corrected chi connectivity index (χ0v) is 12.0. The first kappa shape index (κ1) is 13.7. The molecular formula is C12H7Cl3O2S. The van der Waals surface area contributed by atoms with Gasteiger partial charge in [-0.2, -0.15) is 0 Å². The molecule has 0 aliphatic heterocycles. The Morgan fingerprint density at radius 3 is 2.44 bits per heavy atom. The lowest BCUT2D eigenvalue weighted by atomic mass is 10.1. The number of carboxylic acid groups (broad SMARTS) is 1. The molecule has 0 saturated heterocycles. The number of aliphatic carboxylic acids is 1. The zero-order chi connectivity index (χ0) is 13.3. The smallest absolute Gasteiger partial charge is 0.308 e. The maximum Gasteiger partial charge on any atom is 0.308 e. The molecule has 2 rings (SSSR count). The second-order valence-electron chi connectivity index (χ2n) is 3.62. The molecule has 1 aromatic heterocycles. The Bertz CT molecular complexity index is 607. The van der Waals surface area contributed by atoms with E-state index in [-0.39, 0.29) is 6.42 Å². The van der Waals surface area contributed by atoms with Crippen LogP contribution in [0.25, 0.3) is 11.1 Å². The molecule has 18 heavy (non-hydrogen) atoms. The molecule has 0 radical (unpaired) electrons. The van der Waals surface area contributed by atoms with E-state index < -0.39 is 5.97 Å². The fourth-order valence-corrected chi connectivity index (χ4v) is 3.04. The summed E-state index contributed by atoms with van der Waals surface area (Å²) < 4.78 is 0. The predicted molar refractivity (Wildman–Crippen MR) is 76.1 cm³/mol. The van der Waals surface area contributed by atoms with Crippen molar-refractivity contribution in [2.45, 2.75) is 6.42 Å². The number of rotatable bonds is 3. The van der Waals surface area contributed by atoms with Crippen molar-refractivity contribution in [1.82, 2.24) is 0 Å². The van der Waals surface area contributed by atoms with Crippen LogP contribution < -0.4 is 0 Å². The van der Waals surface area contributed by atoms with Crippen LogP contribution in [0.3, 0.4) is 0 Å². The summed E-state index contributed by atoms with van der Waals surface area (Å²) in [5.74, 6) is -0.858. The molecule has 0 fully saturated rings. The lowest BCUT2D eigenvalue weighted by molar-refractivity contribution is -0.136. The van der Waals surface area contributed by atoms with Crippen molar-refractivity contribution in [2.24, 2.45) is 0 Å². The molecule has 0 atom stereocenters. The van der Waals surface area contributed by atoms with Gasteiger partial charge in [0.15, 0.2) is 0 Å². The van der Waals surface area contributed by atoms with Crippen LogP contribution >= 0.6 is 46.1 Å². The summed E-state index contributed by atoms with van der Waals surface area (Å²) in [5.41, 5.74) is 1.60. The number of carboxylic acids is 1. The van der Waals surface area contributed by atoms with Crippen molar-refractivity contribution >= 4 is 52.1 Å². The highest BCUT2D eigenvalue weighted by Gasteiger charge is 2.11. The van der Waals surface area contributed by atoms with E-state index in [1.54, 1.807) is 18.2 Å². The average Bonchev–Trinajstić information content (AvgIpc) is 2.70. The Morgan fingerprint density at radius 2 is 1.78 bits per heavy atom. The van der Waals surface area contributed by atoms with E-state index in [4.69, 9.17) is 39.9 Å². The third-order valence-corrected chi connectivity index (χ3v) is 4.27. The molecule has 0 aliphatic rings. The monoisotopic (exact) mass is 320 g/mol. The maximum atomic E-state index is 10.6. The fourth-order valence-electron chi connectivity index (χ4n) is 1.51. The van der Waals surface area contributed by atoms with E-state index in [0.717, 1.165) is 16.0 Å². The van der Waals surface area contributed by atoms with Crippen molar-refractivity contribution in [3.8, 4) is 11.1 Å². The molecule has 1 aromatic carbocycles. The molecule has 6 heteroatoms. The number of thiophene rings is 1. The van der Waals surface area contributed by atoms with Crippen LogP contribution in [-0.4, -0.2) is 11.1 Å². The van der Waals surface area contributed by atoms with Crippen molar-refractivity contribution in [3.05, 3.63) is 43.5 Å². The first-order valence-corrected chi connectivity index (χ1v) is 6.93. The number of carbonyl (C=O) groups is 1. The van der Waals surface area contributed by atoms with Gasteiger partial charge in [-0.15, -0.1) is 11.3 Å². The summed E-state index contributed by atoms with van der Waals surface area (Å²) >= 11 is 19.3. The Labute approximate surface area is 123 Å². The predicted octanol–water partition coefficient (Wildman–Crippen LogP) is 5.00.